The van der Waals surface area contributed by atoms with Gasteiger partial charge in [-0.15, -0.1) is 0 Å². The van der Waals surface area contributed by atoms with Gasteiger partial charge < -0.3 is 9.57 Å². The van der Waals surface area contributed by atoms with Gasteiger partial charge in [-0.05, 0) is 12.5 Å². The fourth-order valence-electron chi connectivity index (χ4n) is 2.48. The van der Waals surface area contributed by atoms with E-state index in [0.29, 0.717) is 5.56 Å². The third-order valence-electron chi connectivity index (χ3n) is 3.90. The summed E-state index contributed by atoms with van der Waals surface area (Å²) in [6.45, 7) is 1.68. The zero-order valence-electron chi connectivity index (χ0n) is 13.3. The molecular weight excluding hydrogens is 309 g/mol. The third-order valence-corrected chi connectivity index (χ3v) is 3.90. The molecule has 0 spiro atoms. The summed E-state index contributed by atoms with van der Waals surface area (Å²) in [6.07, 6.45) is -1.63. The molecule has 1 aliphatic heterocycles. The topological polar surface area (TPSA) is 47.9 Å². The second kappa shape index (κ2) is 6.93. The normalized spacial score (nSPS) is 21.0. The summed E-state index contributed by atoms with van der Waals surface area (Å²) in [5.41, 5.74) is 0.275. The first-order valence-electron chi connectivity index (χ1n) is 7.73. The average molecular weight is 327 g/mol. The van der Waals surface area contributed by atoms with Gasteiger partial charge in [-0.2, -0.15) is 0 Å². The van der Waals surface area contributed by atoms with E-state index >= 15 is 0 Å². The summed E-state index contributed by atoms with van der Waals surface area (Å²) in [5.74, 6) is -0.255. The Kier molecular flexibility index (Phi) is 4.71. The number of ether oxygens (including phenoxy) is 1. The molecule has 0 aliphatic carbocycles. The van der Waals surface area contributed by atoms with Crippen molar-refractivity contribution in [2.24, 2.45) is 5.16 Å². The van der Waals surface area contributed by atoms with E-state index in [2.05, 4.69) is 5.16 Å². The van der Waals surface area contributed by atoms with Crippen molar-refractivity contribution in [2.75, 3.05) is 0 Å². The Hall–Kier alpha value is -2.53. The van der Waals surface area contributed by atoms with E-state index in [1.54, 1.807) is 31.2 Å². The molecule has 0 fully saturated rings. The number of hydrogen-bond donors (Lipinski definition) is 0. The minimum atomic E-state index is -1.69. The number of nitrogens with zero attached hydrogens (tertiary/aromatic N) is 1. The maximum absolute atomic E-state index is 14.5. The molecule has 1 aliphatic rings. The molecule has 2 unspecified atom stereocenters. The zero-order chi connectivity index (χ0) is 17.0. The van der Waals surface area contributed by atoms with Crippen LogP contribution in [-0.4, -0.2) is 23.5 Å². The summed E-state index contributed by atoms with van der Waals surface area (Å²) in [5, 5.41) is 3.79. The molecule has 0 amide bonds. The first kappa shape index (κ1) is 16.3. The van der Waals surface area contributed by atoms with Crippen LogP contribution in [-0.2, 0) is 16.2 Å². The SMILES string of the molecule is CC1(C(F)OCc2ccccc2)CC(C(=O)c2ccccc2)=NO1. The lowest BCUT2D eigenvalue weighted by Gasteiger charge is -2.25. The predicted molar refractivity (Wildman–Crippen MR) is 88.4 cm³/mol. The number of halogens is 1. The highest BCUT2D eigenvalue weighted by atomic mass is 19.1. The molecule has 2 aromatic rings. The van der Waals surface area contributed by atoms with Crippen molar-refractivity contribution in [3.63, 3.8) is 0 Å². The molecule has 124 valence electrons. The molecule has 2 aromatic carbocycles. The van der Waals surface area contributed by atoms with E-state index in [0.717, 1.165) is 5.56 Å². The monoisotopic (exact) mass is 327 g/mol. The number of carbonyl (C=O) groups excluding carboxylic acids is 1. The highest BCUT2D eigenvalue weighted by Crippen LogP contribution is 2.31. The quantitative estimate of drug-likeness (QED) is 0.756. The van der Waals surface area contributed by atoms with E-state index in [4.69, 9.17) is 9.57 Å². The molecule has 0 aromatic heterocycles. The van der Waals surface area contributed by atoms with Crippen LogP contribution in [0.25, 0.3) is 0 Å². The maximum Gasteiger partial charge on any atom is 0.242 e. The fraction of sp³-hybridized carbons (Fsp3) is 0.263. The first-order chi connectivity index (χ1) is 11.6. The van der Waals surface area contributed by atoms with Gasteiger partial charge in [-0.25, -0.2) is 4.39 Å². The lowest BCUT2D eigenvalue weighted by molar-refractivity contribution is -0.183. The number of hydrogen-bond acceptors (Lipinski definition) is 4. The van der Waals surface area contributed by atoms with E-state index in [1.165, 1.54) is 0 Å². The smallest absolute Gasteiger partial charge is 0.242 e. The molecule has 2 atom stereocenters. The Morgan fingerprint density at radius 1 is 1.21 bits per heavy atom. The highest BCUT2D eigenvalue weighted by Gasteiger charge is 2.45. The van der Waals surface area contributed by atoms with E-state index in [-0.39, 0.29) is 24.5 Å². The Labute approximate surface area is 139 Å². The van der Waals surface area contributed by atoms with Crippen LogP contribution >= 0.6 is 0 Å². The van der Waals surface area contributed by atoms with Crippen LogP contribution < -0.4 is 0 Å². The second-order valence-electron chi connectivity index (χ2n) is 5.93. The minimum absolute atomic E-state index is 0.0662. The number of carbonyl (C=O) groups is 1. The molecule has 0 radical (unpaired) electrons. The van der Waals surface area contributed by atoms with E-state index < -0.39 is 12.0 Å². The van der Waals surface area contributed by atoms with Crippen LogP contribution in [0.15, 0.2) is 65.8 Å². The van der Waals surface area contributed by atoms with Gasteiger partial charge >= 0.3 is 0 Å². The van der Waals surface area contributed by atoms with Gasteiger partial charge in [0, 0.05) is 12.0 Å². The van der Waals surface area contributed by atoms with Crippen molar-refractivity contribution in [1.29, 1.82) is 0 Å². The highest BCUT2D eigenvalue weighted by molar-refractivity contribution is 6.46. The number of rotatable bonds is 6. The lowest BCUT2D eigenvalue weighted by atomic mass is 9.95. The van der Waals surface area contributed by atoms with Crippen LogP contribution in [0, 0.1) is 0 Å². The fourth-order valence-corrected chi connectivity index (χ4v) is 2.48. The number of Topliss-reactive ketones (excluding diaryl/α,β-unsaturated/α-hetero) is 1. The number of alkyl halides is 1. The molecule has 24 heavy (non-hydrogen) atoms. The van der Waals surface area contributed by atoms with Gasteiger partial charge in [-0.3, -0.25) is 4.79 Å². The van der Waals surface area contributed by atoms with Crippen molar-refractivity contribution in [2.45, 2.75) is 31.9 Å². The Morgan fingerprint density at radius 2 is 1.83 bits per heavy atom. The average Bonchev–Trinajstić information content (AvgIpc) is 3.04. The zero-order valence-corrected chi connectivity index (χ0v) is 13.3. The summed E-state index contributed by atoms with van der Waals surface area (Å²) < 4.78 is 19.8. The van der Waals surface area contributed by atoms with Crippen molar-refractivity contribution in [1.82, 2.24) is 0 Å². The standard InChI is InChI=1S/C19H18FNO3/c1-19(18(20)23-13-14-8-4-2-5-9-14)12-16(21-24-19)17(22)15-10-6-3-7-11-15/h2-11,18H,12-13H2,1H3. The lowest BCUT2D eigenvalue weighted by Crippen LogP contribution is -2.39. The van der Waals surface area contributed by atoms with Crippen molar-refractivity contribution >= 4 is 11.5 Å². The molecule has 4 nitrogen and oxygen atoms in total. The van der Waals surface area contributed by atoms with Gasteiger partial charge in [0.25, 0.3) is 0 Å². The van der Waals surface area contributed by atoms with Crippen molar-refractivity contribution in [3.8, 4) is 0 Å². The molecule has 0 saturated carbocycles. The van der Waals surface area contributed by atoms with Gasteiger partial charge in [0.1, 0.15) is 5.71 Å². The van der Waals surface area contributed by atoms with E-state index in [1.807, 2.05) is 36.4 Å². The minimum Gasteiger partial charge on any atom is -0.383 e. The second-order valence-corrected chi connectivity index (χ2v) is 5.93. The van der Waals surface area contributed by atoms with E-state index in [9.17, 15) is 9.18 Å². The summed E-state index contributed by atoms with van der Waals surface area (Å²) in [6, 6.07) is 18.1. The van der Waals surface area contributed by atoms with Crippen LogP contribution in [0.1, 0.15) is 29.3 Å². The van der Waals surface area contributed by atoms with Crippen molar-refractivity contribution < 1.29 is 18.8 Å². The van der Waals surface area contributed by atoms with Gasteiger partial charge in [0.2, 0.25) is 12.1 Å². The molecule has 3 rings (SSSR count). The van der Waals surface area contributed by atoms with Crippen molar-refractivity contribution in [3.05, 3.63) is 71.8 Å². The largest absolute Gasteiger partial charge is 0.383 e. The summed E-state index contributed by atoms with van der Waals surface area (Å²) in [7, 11) is 0. The summed E-state index contributed by atoms with van der Waals surface area (Å²) >= 11 is 0. The van der Waals surface area contributed by atoms with Gasteiger partial charge in [0.05, 0.1) is 6.61 Å². The van der Waals surface area contributed by atoms with Gasteiger partial charge in [-0.1, -0.05) is 65.8 Å². The van der Waals surface area contributed by atoms with Gasteiger partial charge in [0.15, 0.2) is 5.60 Å². The van der Waals surface area contributed by atoms with Crippen LogP contribution in [0.5, 0.6) is 0 Å². The number of ketones is 1. The Morgan fingerprint density at radius 3 is 2.50 bits per heavy atom. The molecule has 5 heteroatoms. The molecule has 0 bridgehead atoms. The Bertz CT molecular complexity index is 733. The molecule has 0 saturated heterocycles. The Balaban J connectivity index is 1.60. The summed E-state index contributed by atoms with van der Waals surface area (Å²) in [4.78, 5) is 17.6. The predicted octanol–water partition coefficient (Wildman–Crippen LogP) is 3.92. The maximum atomic E-state index is 14.5. The molecule has 1 heterocycles. The third kappa shape index (κ3) is 3.51. The number of benzene rings is 2. The van der Waals surface area contributed by atoms with Crippen LogP contribution in [0.3, 0.4) is 0 Å². The molecular formula is C19H18FNO3. The molecule has 0 N–H and O–H groups in total. The van der Waals surface area contributed by atoms with Crippen LogP contribution in [0.4, 0.5) is 4.39 Å². The number of oxime groups is 1. The first-order valence-corrected chi connectivity index (χ1v) is 7.73. The van der Waals surface area contributed by atoms with Crippen LogP contribution in [0.2, 0.25) is 0 Å².